The molecular weight excluding hydrogens is 399 g/mol. The molecule has 0 unspecified atom stereocenters. The Morgan fingerprint density at radius 3 is 2.43 bits per heavy atom. The van der Waals surface area contributed by atoms with Crippen molar-refractivity contribution in [2.75, 3.05) is 0 Å². The van der Waals surface area contributed by atoms with Crippen molar-refractivity contribution in [2.24, 2.45) is 0 Å². The molecule has 0 aliphatic heterocycles. The van der Waals surface area contributed by atoms with Crippen LogP contribution < -0.4 is 10.2 Å². The van der Waals surface area contributed by atoms with Gasteiger partial charge in [0.15, 0.2) is 0 Å². The third-order valence-corrected chi connectivity index (χ3v) is 4.29. The van der Waals surface area contributed by atoms with Crippen LogP contribution in [-0.2, 0) is 6.18 Å². The number of pyridine rings is 1. The number of halogens is 3. The number of nitrogens with zero attached hydrogens (tertiary/aromatic N) is 1. The zero-order chi connectivity index (χ0) is 21.3. The Hall–Kier alpha value is -3.94. The van der Waals surface area contributed by atoms with Crippen molar-refractivity contribution in [3.05, 3.63) is 94.6 Å². The molecule has 0 fully saturated rings. The summed E-state index contributed by atoms with van der Waals surface area (Å²) < 4.78 is 51.2. The van der Waals surface area contributed by atoms with Crippen molar-refractivity contribution < 1.29 is 27.1 Å². The lowest BCUT2D eigenvalue weighted by Gasteiger charge is -2.13. The Morgan fingerprint density at radius 2 is 1.77 bits per heavy atom. The van der Waals surface area contributed by atoms with Gasteiger partial charge in [0.2, 0.25) is 11.2 Å². The molecule has 150 valence electrons. The zero-order valence-corrected chi connectivity index (χ0v) is 15.1. The van der Waals surface area contributed by atoms with Gasteiger partial charge in [0.25, 0.3) is 0 Å². The minimum Gasteiger partial charge on any atom is -0.450 e. The third kappa shape index (κ3) is 3.67. The van der Waals surface area contributed by atoms with Crippen LogP contribution in [0.4, 0.5) is 13.2 Å². The number of aromatic nitrogens is 1. The van der Waals surface area contributed by atoms with Crippen LogP contribution in [0.3, 0.4) is 0 Å². The highest BCUT2D eigenvalue weighted by molar-refractivity contribution is 5.91. The van der Waals surface area contributed by atoms with Gasteiger partial charge in [0.05, 0.1) is 16.5 Å². The molecule has 4 aromatic rings. The van der Waals surface area contributed by atoms with E-state index in [9.17, 15) is 22.8 Å². The first kappa shape index (κ1) is 19.4. The van der Waals surface area contributed by atoms with Crippen molar-refractivity contribution in [2.45, 2.75) is 6.18 Å². The lowest BCUT2D eigenvalue weighted by Crippen LogP contribution is -2.16. The minimum atomic E-state index is -4.90. The maximum absolute atomic E-state index is 13.6. The van der Waals surface area contributed by atoms with Crippen LogP contribution in [0.15, 0.2) is 82.3 Å². The topological polar surface area (TPSA) is 69.4 Å². The van der Waals surface area contributed by atoms with E-state index in [-0.39, 0.29) is 27.8 Å². The molecule has 2 aromatic carbocycles. The summed E-state index contributed by atoms with van der Waals surface area (Å²) in [6.45, 7) is 0. The van der Waals surface area contributed by atoms with Gasteiger partial charge in [-0.3, -0.25) is 9.78 Å². The summed E-state index contributed by atoms with van der Waals surface area (Å²) in [5.41, 5.74) is -1.50. The van der Waals surface area contributed by atoms with Crippen LogP contribution in [0.1, 0.15) is 16.1 Å². The molecule has 0 bridgehead atoms. The molecule has 4 rings (SSSR count). The highest BCUT2D eigenvalue weighted by Gasteiger charge is 2.39. The van der Waals surface area contributed by atoms with E-state index in [1.54, 1.807) is 6.07 Å². The predicted molar refractivity (Wildman–Crippen MR) is 102 cm³/mol. The van der Waals surface area contributed by atoms with Crippen LogP contribution in [0.5, 0.6) is 5.75 Å². The molecule has 0 aliphatic rings. The fourth-order valence-electron chi connectivity index (χ4n) is 2.95. The summed E-state index contributed by atoms with van der Waals surface area (Å²) in [7, 11) is 0. The SMILES string of the molecule is O=C(Oc1ccc2c(=O)c(-c3ccccc3)c(C(F)(F)F)oc2c1)c1cccnc1. The Kier molecular flexibility index (Phi) is 4.83. The number of alkyl halides is 3. The predicted octanol–water partition coefficient (Wildman–Crippen LogP) is 5.09. The number of rotatable bonds is 3. The number of fused-ring (bicyclic) bond motifs is 1. The molecule has 8 heteroatoms. The van der Waals surface area contributed by atoms with E-state index in [1.165, 1.54) is 60.9 Å². The minimum absolute atomic E-state index is 0.0666. The lowest BCUT2D eigenvalue weighted by atomic mass is 10.0. The second-order valence-corrected chi connectivity index (χ2v) is 6.29. The molecule has 0 aliphatic carbocycles. The van der Waals surface area contributed by atoms with Gasteiger partial charge >= 0.3 is 12.1 Å². The van der Waals surface area contributed by atoms with E-state index in [0.29, 0.717) is 0 Å². The highest BCUT2D eigenvalue weighted by atomic mass is 19.4. The second-order valence-electron chi connectivity index (χ2n) is 6.29. The van der Waals surface area contributed by atoms with E-state index in [2.05, 4.69) is 4.98 Å². The van der Waals surface area contributed by atoms with Gasteiger partial charge < -0.3 is 9.15 Å². The average molecular weight is 411 g/mol. The van der Waals surface area contributed by atoms with E-state index in [0.717, 1.165) is 6.07 Å². The standard InChI is InChI=1S/C22H12F3NO4/c23-22(24,25)20-18(13-5-2-1-3-6-13)19(27)16-9-8-15(11-17(16)30-20)29-21(28)14-7-4-10-26-12-14/h1-12H. The maximum atomic E-state index is 13.6. The molecule has 0 saturated carbocycles. The van der Waals surface area contributed by atoms with Gasteiger partial charge in [-0.1, -0.05) is 30.3 Å². The Morgan fingerprint density at radius 1 is 1.00 bits per heavy atom. The molecule has 30 heavy (non-hydrogen) atoms. The third-order valence-electron chi connectivity index (χ3n) is 4.29. The number of ether oxygens (including phenoxy) is 1. The van der Waals surface area contributed by atoms with Gasteiger partial charge in [-0.05, 0) is 29.8 Å². The van der Waals surface area contributed by atoms with E-state index in [4.69, 9.17) is 9.15 Å². The van der Waals surface area contributed by atoms with Crippen LogP contribution in [0.2, 0.25) is 0 Å². The Labute approximate surface area is 167 Å². The highest BCUT2D eigenvalue weighted by Crippen LogP contribution is 2.37. The molecule has 0 saturated heterocycles. The number of esters is 1. The van der Waals surface area contributed by atoms with Crippen LogP contribution in [0, 0.1) is 0 Å². The van der Waals surface area contributed by atoms with E-state index < -0.39 is 28.9 Å². The smallest absolute Gasteiger partial charge is 0.450 e. The van der Waals surface area contributed by atoms with Crippen molar-refractivity contribution in [1.29, 1.82) is 0 Å². The van der Waals surface area contributed by atoms with Crippen molar-refractivity contribution in [3.63, 3.8) is 0 Å². The largest absolute Gasteiger partial charge is 0.450 e. The first-order chi connectivity index (χ1) is 14.3. The van der Waals surface area contributed by atoms with Crippen molar-refractivity contribution in [3.8, 4) is 16.9 Å². The Balaban J connectivity index is 1.84. The van der Waals surface area contributed by atoms with Crippen LogP contribution in [-0.4, -0.2) is 11.0 Å². The lowest BCUT2D eigenvalue weighted by molar-refractivity contribution is -0.152. The number of carbonyl (C=O) groups excluding carboxylic acids is 1. The molecule has 0 radical (unpaired) electrons. The summed E-state index contributed by atoms with van der Waals surface area (Å²) in [6, 6.07) is 14.2. The summed E-state index contributed by atoms with van der Waals surface area (Å²) >= 11 is 0. The maximum Gasteiger partial charge on any atom is 0.450 e. The molecule has 2 heterocycles. The van der Waals surface area contributed by atoms with Gasteiger partial charge in [-0.15, -0.1) is 0 Å². The fourth-order valence-corrected chi connectivity index (χ4v) is 2.95. The number of carbonyl (C=O) groups is 1. The van der Waals surface area contributed by atoms with Crippen molar-refractivity contribution >= 4 is 16.9 Å². The first-order valence-electron chi connectivity index (χ1n) is 8.70. The molecule has 0 N–H and O–H groups in total. The Bertz CT molecular complexity index is 1280. The molecule has 0 atom stereocenters. The molecule has 2 aromatic heterocycles. The summed E-state index contributed by atoms with van der Waals surface area (Å²) in [5, 5.41) is -0.0666. The molecular formula is C22H12F3NO4. The summed E-state index contributed by atoms with van der Waals surface area (Å²) in [4.78, 5) is 28.8. The van der Waals surface area contributed by atoms with E-state index >= 15 is 0 Å². The van der Waals surface area contributed by atoms with Crippen molar-refractivity contribution in [1.82, 2.24) is 4.98 Å². The summed E-state index contributed by atoms with van der Waals surface area (Å²) in [5.74, 6) is -2.23. The normalized spacial score (nSPS) is 11.4. The van der Waals surface area contributed by atoms with E-state index in [1.807, 2.05) is 0 Å². The van der Waals surface area contributed by atoms with Gasteiger partial charge in [0, 0.05) is 18.5 Å². The number of benzene rings is 2. The van der Waals surface area contributed by atoms with Crippen LogP contribution >= 0.6 is 0 Å². The first-order valence-corrected chi connectivity index (χ1v) is 8.70. The summed E-state index contributed by atoms with van der Waals surface area (Å²) in [6.07, 6.45) is -2.14. The average Bonchev–Trinajstić information content (AvgIpc) is 2.74. The molecule has 5 nitrogen and oxygen atoms in total. The second kappa shape index (κ2) is 7.47. The number of hydrogen-bond donors (Lipinski definition) is 0. The molecule has 0 amide bonds. The monoisotopic (exact) mass is 411 g/mol. The van der Waals surface area contributed by atoms with Gasteiger partial charge in [-0.2, -0.15) is 13.2 Å². The quantitative estimate of drug-likeness (QED) is 0.347. The molecule has 0 spiro atoms. The number of hydrogen-bond acceptors (Lipinski definition) is 5. The van der Waals surface area contributed by atoms with Gasteiger partial charge in [0.1, 0.15) is 11.3 Å². The zero-order valence-electron chi connectivity index (χ0n) is 15.1. The van der Waals surface area contributed by atoms with Crippen LogP contribution in [0.25, 0.3) is 22.1 Å². The van der Waals surface area contributed by atoms with Gasteiger partial charge in [-0.25, -0.2) is 4.79 Å². The fraction of sp³-hybridized carbons (Fsp3) is 0.0455.